The van der Waals surface area contributed by atoms with Crippen molar-refractivity contribution in [2.24, 2.45) is 17.4 Å². The Balaban J connectivity index is 4.24. The zero-order valence-electron chi connectivity index (χ0n) is 7.14. The first-order valence-corrected chi connectivity index (χ1v) is 3.92. The second kappa shape index (κ2) is 5.50. The van der Waals surface area contributed by atoms with Crippen LogP contribution in [0.3, 0.4) is 0 Å². The standard InChI is InChI=1S/C7H14N2O4/c8-3-1-2-4(6(10)11)5(9)7(12)13/h4-5H,1-3,8-9H2,(H,10,11)(H,12,13)/t4?,5-/m0/s1. The van der Waals surface area contributed by atoms with Gasteiger partial charge in [0.2, 0.25) is 0 Å². The van der Waals surface area contributed by atoms with Gasteiger partial charge in [-0.1, -0.05) is 0 Å². The second-order valence-electron chi connectivity index (χ2n) is 2.74. The highest BCUT2D eigenvalue weighted by atomic mass is 16.4. The van der Waals surface area contributed by atoms with Gasteiger partial charge in [0.15, 0.2) is 0 Å². The molecule has 0 aromatic heterocycles. The summed E-state index contributed by atoms with van der Waals surface area (Å²) in [6.07, 6.45) is 0.650. The number of carbonyl (C=O) groups is 2. The molecule has 0 heterocycles. The first kappa shape index (κ1) is 11.9. The summed E-state index contributed by atoms with van der Waals surface area (Å²) < 4.78 is 0. The largest absolute Gasteiger partial charge is 0.481 e. The van der Waals surface area contributed by atoms with Gasteiger partial charge >= 0.3 is 11.9 Å². The fourth-order valence-corrected chi connectivity index (χ4v) is 0.967. The van der Waals surface area contributed by atoms with Crippen LogP contribution >= 0.6 is 0 Å². The van der Waals surface area contributed by atoms with E-state index in [9.17, 15) is 9.59 Å². The van der Waals surface area contributed by atoms with Crippen molar-refractivity contribution in [2.75, 3.05) is 6.54 Å². The van der Waals surface area contributed by atoms with Gasteiger partial charge in [0.1, 0.15) is 6.04 Å². The van der Waals surface area contributed by atoms with Gasteiger partial charge < -0.3 is 21.7 Å². The molecule has 6 nitrogen and oxygen atoms in total. The van der Waals surface area contributed by atoms with Crippen molar-refractivity contribution in [3.05, 3.63) is 0 Å². The normalized spacial score (nSPS) is 14.9. The molecular formula is C7H14N2O4. The summed E-state index contributed by atoms with van der Waals surface area (Å²) in [5, 5.41) is 17.1. The quantitative estimate of drug-likeness (QED) is 0.418. The molecule has 1 unspecified atom stereocenters. The Morgan fingerprint density at radius 3 is 2.08 bits per heavy atom. The van der Waals surface area contributed by atoms with E-state index in [2.05, 4.69) is 0 Å². The number of carboxylic acid groups (broad SMARTS) is 2. The topological polar surface area (TPSA) is 127 Å². The van der Waals surface area contributed by atoms with E-state index in [0.717, 1.165) is 0 Å². The predicted octanol–water partition coefficient (Wildman–Crippen LogP) is -1.16. The maximum atomic E-state index is 10.6. The highest BCUT2D eigenvalue weighted by Gasteiger charge is 2.29. The van der Waals surface area contributed by atoms with E-state index >= 15 is 0 Å². The smallest absolute Gasteiger partial charge is 0.321 e. The highest BCUT2D eigenvalue weighted by Crippen LogP contribution is 2.10. The van der Waals surface area contributed by atoms with Gasteiger partial charge in [-0.15, -0.1) is 0 Å². The summed E-state index contributed by atoms with van der Waals surface area (Å²) in [6.45, 7) is 0.329. The average molecular weight is 190 g/mol. The van der Waals surface area contributed by atoms with Gasteiger partial charge in [0.25, 0.3) is 0 Å². The second-order valence-corrected chi connectivity index (χ2v) is 2.74. The lowest BCUT2D eigenvalue weighted by molar-refractivity contribution is -0.150. The van der Waals surface area contributed by atoms with Crippen LogP contribution in [0.5, 0.6) is 0 Å². The lowest BCUT2D eigenvalue weighted by Gasteiger charge is -2.15. The number of hydrogen-bond acceptors (Lipinski definition) is 4. The third-order valence-electron chi connectivity index (χ3n) is 1.76. The van der Waals surface area contributed by atoms with Crippen molar-refractivity contribution in [1.29, 1.82) is 0 Å². The van der Waals surface area contributed by atoms with E-state index in [1.807, 2.05) is 0 Å². The van der Waals surface area contributed by atoms with Crippen LogP contribution in [0.4, 0.5) is 0 Å². The summed E-state index contributed by atoms with van der Waals surface area (Å²) in [4.78, 5) is 21.0. The van der Waals surface area contributed by atoms with Crippen molar-refractivity contribution in [1.82, 2.24) is 0 Å². The van der Waals surface area contributed by atoms with Crippen LogP contribution in [0.25, 0.3) is 0 Å². The molecule has 0 saturated carbocycles. The molecule has 0 rings (SSSR count). The monoisotopic (exact) mass is 190 g/mol. The van der Waals surface area contributed by atoms with Gasteiger partial charge in [0, 0.05) is 0 Å². The van der Waals surface area contributed by atoms with Crippen molar-refractivity contribution >= 4 is 11.9 Å². The van der Waals surface area contributed by atoms with Crippen molar-refractivity contribution in [3.63, 3.8) is 0 Å². The molecule has 0 aliphatic heterocycles. The van der Waals surface area contributed by atoms with Crippen LogP contribution in [-0.4, -0.2) is 34.7 Å². The number of nitrogens with two attached hydrogens (primary N) is 2. The number of rotatable bonds is 6. The Hall–Kier alpha value is -1.14. The molecule has 0 spiro atoms. The van der Waals surface area contributed by atoms with E-state index in [1.54, 1.807) is 0 Å². The van der Waals surface area contributed by atoms with Crippen LogP contribution in [0.15, 0.2) is 0 Å². The van der Waals surface area contributed by atoms with Crippen LogP contribution in [0, 0.1) is 5.92 Å². The van der Waals surface area contributed by atoms with E-state index < -0.39 is 23.9 Å². The molecule has 0 saturated heterocycles. The summed E-state index contributed by atoms with van der Waals surface area (Å²) in [7, 11) is 0. The molecule has 76 valence electrons. The maximum Gasteiger partial charge on any atom is 0.321 e. The zero-order valence-corrected chi connectivity index (χ0v) is 7.14. The van der Waals surface area contributed by atoms with E-state index in [-0.39, 0.29) is 6.42 Å². The van der Waals surface area contributed by atoms with Crippen molar-refractivity contribution in [2.45, 2.75) is 18.9 Å². The van der Waals surface area contributed by atoms with Crippen LogP contribution in [0.2, 0.25) is 0 Å². The molecule has 0 bridgehead atoms. The lowest BCUT2D eigenvalue weighted by atomic mass is 9.95. The Morgan fingerprint density at radius 2 is 1.77 bits per heavy atom. The van der Waals surface area contributed by atoms with Crippen molar-refractivity contribution in [3.8, 4) is 0 Å². The fourth-order valence-electron chi connectivity index (χ4n) is 0.967. The lowest BCUT2D eigenvalue weighted by Crippen LogP contribution is -2.42. The van der Waals surface area contributed by atoms with Gasteiger partial charge in [0.05, 0.1) is 5.92 Å². The maximum absolute atomic E-state index is 10.6. The molecule has 0 aliphatic rings. The minimum absolute atomic E-state index is 0.194. The molecule has 2 atom stereocenters. The fraction of sp³-hybridized carbons (Fsp3) is 0.714. The SMILES string of the molecule is NCCCC(C(=O)O)[C@H](N)C(=O)O. The van der Waals surface area contributed by atoms with Crippen LogP contribution < -0.4 is 11.5 Å². The first-order chi connectivity index (χ1) is 6.00. The van der Waals surface area contributed by atoms with Gasteiger partial charge in [-0.3, -0.25) is 9.59 Å². The molecule has 6 heteroatoms. The minimum Gasteiger partial charge on any atom is -0.481 e. The van der Waals surface area contributed by atoms with E-state index in [0.29, 0.717) is 13.0 Å². The predicted molar refractivity (Wildman–Crippen MR) is 45.0 cm³/mol. The Bertz CT molecular complexity index is 195. The molecule has 13 heavy (non-hydrogen) atoms. The summed E-state index contributed by atoms with van der Waals surface area (Å²) in [6, 6.07) is -1.36. The van der Waals surface area contributed by atoms with Gasteiger partial charge in [-0.25, -0.2) is 0 Å². The van der Waals surface area contributed by atoms with Crippen LogP contribution in [0.1, 0.15) is 12.8 Å². The molecule has 0 aromatic rings. The molecular weight excluding hydrogens is 176 g/mol. The minimum atomic E-state index is -1.36. The van der Waals surface area contributed by atoms with E-state index in [4.69, 9.17) is 21.7 Å². The average Bonchev–Trinajstić information content (AvgIpc) is 2.04. The Kier molecular flexibility index (Phi) is 5.01. The van der Waals surface area contributed by atoms with Gasteiger partial charge in [-0.05, 0) is 19.4 Å². The first-order valence-electron chi connectivity index (χ1n) is 3.92. The molecule has 0 aliphatic carbocycles. The Morgan fingerprint density at radius 1 is 1.23 bits per heavy atom. The molecule has 6 N–H and O–H groups in total. The number of carboxylic acids is 2. The summed E-state index contributed by atoms with van der Waals surface area (Å²) >= 11 is 0. The zero-order chi connectivity index (χ0) is 10.4. The summed E-state index contributed by atoms with van der Waals surface area (Å²) in [5.41, 5.74) is 10.4. The Labute approximate surface area is 75.5 Å². The molecule has 0 fully saturated rings. The number of aliphatic carboxylic acids is 2. The molecule has 0 radical (unpaired) electrons. The highest BCUT2D eigenvalue weighted by molar-refractivity contribution is 5.82. The molecule has 0 aromatic carbocycles. The third-order valence-corrected chi connectivity index (χ3v) is 1.76. The van der Waals surface area contributed by atoms with Gasteiger partial charge in [-0.2, -0.15) is 0 Å². The summed E-state index contributed by atoms with van der Waals surface area (Å²) in [5.74, 6) is -3.55. The number of hydrogen-bond donors (Lipinski definition) is 4. The third kappa shape index (κ3) is 3.86. The van der Waals surface area contributed by atoms with Crippen LogP contribution in [-0.2, 0) is 9.59 Å². The van der Waals surface area contributed by atoms with E-state index in [1.165, 1.54) is 0 Å². The molecule has 0 amide bonds. The van der Waals surface area contributed by atoms with Crippen molar-refractivity contribution < 1.29 is 19.8 Å².